The van der Waals surface area contributed by atoms with E-state index in [4.69, 9.17) is 11.6 Å². The number of hydrogen-bond donors (Lipinski definition) is 0. The third kappa shape index (κ3) is 4.81. The number of rotatable bonds is 6. The molecule has 1 aliphatic heterocycles. The average molecular weight is 300 g/mol. The molecule has 0 N–H and O–H groups in total. The maximum absolute atomic E-state index is 12.2. The van der Waals surface area contributed by atoms with Crippen molar-refractivity contribution in [3.8, 4) is 0 Å². The van der Waals surface area contributed by atoms with Crippen LogP contribution in [0.25, 0.3) is 0 Å². The zero-order chi connectivity index (χ0) is 13.5. The van der Waals surface area contributed by atoms with E-state index in [0.29, 0.717) is 24.1 Å². The zero-order valence-corrected chi connectivity index (χ0v) is 12.9. The van der Waals surface area contributed by atoms with Crippen molar-refractivity contribution >= 4 is 28.8 Å². The maximum Gasteiger partial charge on any atom is 0.222 e. The molecule has 1 amide bonds. The Balaban J connectivity index is 1.70. The van der Waals surface area contributed by atoms with Gasteiger partial charge in [-0.15, -0.1) is 22.9 Å². The quantitative estimate of drug-likeness (QED) is 0.729. The minimum absolute atomic E-state index is 0.329. The van der Waals surface area contributed by atoms with E-state index in [0.717, 1.165) is 38.8 Å². The highest BCUT2D eigenvalue weighted by Crippen LogP contribution is 2.21. The third-order valence-electron chi connectivity index (χ3n) is 3.78. The topological polar surface area (TPSA) is 20.3 Å². The number of carbonyl (C=O) groups is 1. The van der Waals surface area contributed by atoms with Crippen molar-refractivity contribution in [3.63, 3.8) is 0 Å². The van der Waals surface area contributed by atoms with Crippen LogP contribution < -0.4 is 0 Å². The third-order valence-corrected chi connectivity index (χ3v) is 4.94. The summed E-state index contributed by atoms with van der Waals surface area (Å²) in [4.78, 5) is 15.6. The summed E-state index contributed by atoms with van der Waals surface area (Å²) in [6.07, 6.45) is 6.09. The lowest BCUT2D eigenvalue weighted by Crippen LogP contribution is -2.39. The largest absolute Gasteiger partial charge is 0.342 e. The molecule has 0 aromatic carbocycles. The predicted octanol–water partition coefficient (Wildman–Crippen LogP) is 3.94. The standard InChI is InChI=1S/C15H22ClNOS/c16-9-8-13-4-2-10-17(12-13)15(18)7-1-5-14-6-3-11-19-14/h3,6,11,13H,1-2,4-5,7-10,12H2. The maximum atomic E-state index is 12.2. The van der Waals surface area contributed by atoms with E-state index < -0.39 is 0 Å². The molecule has 19 heavy (non-hydrogen) atoms. The molecule has 0 saturated carbocycles. The number of nitrogens with zero attached hydrogens (tertiary/aromatic N) is 1. The van der Waals surface area contributed by atoms with Gasteiger partial charge in [-0.05, 0) is 49.5 Å². The van der Waals surface area contributed by atoms with E-state index in [1.165, 1.54) is 11.3 Å². The van der Waals surface area contributed by atoms with Gasteiger partial charge in [0, 0.05) is 30.3 Å². The fourth-order valence-corrected chi connectivity index (χ4v) is 3.77. The molecule has 0 aliphatic carbocycles. The van der Waals surface area contributed by atoms with Gasteiger partial charge in [-0.1, -0.05) is 6.07 Å². The van der Waals surface area contributed by atoms with Crippen molar-refractivity contribution in [1.82, 2.24) is 4.90 Å². The normalized spacial score (nSPS) is 19.6. The smallest absolute Gasteiger partial charge is 0.222 e. The summed E-state index contributed by atoms with van der Waals surface area (Å²) in [5, 5.41) is 2.10. The van der Waals surface area contributed by atoms with Gasteiger partial charge < -0.3 is 4.90 Å². The fourth-order valence-electron chi connectivity index (χ4n) is 2.71. The van der Waals surface area contributed by atoms with Gasteiger partial charge in [-0.3, -0.25) is 4.79 Å². The van der Waals surface area contributed by atoms with Crippen molar-refractivity contribution in [2.24, 2.45) is 5.92 Å². The van der Waals surface area contributed by atoms with Crippen LogP contribution in [0.15, 0.2) is 17.5 Å². The molecule has 1 unspecified atom stereocenters. The van der Waals surface area contributed by atoms with Crippen molar-refractivity contribution in [1.29, 1.82) is 0 Å². The Morgan fingerprint density at radius 2 is 2.42 bits per heavy atom. The number of piperidine rings is 1. The fraction of sp³-hybridized carbons (Fsp3) is 0.667. The second-order valence-electron chi connectivity index (χ2n) is 5.26. The highest BCUT2D eigenvalue weighted by atomic mass is 35.5. The van der Waals surface area contributed by atoms with Gasteiger partial charge in [0.1, 0.15) is 0 Å². The number of alkyl halides is 1. The molecule has 106 valence electrons. The molecule has 1 saturated heterocycles. The van der Waals surface area contributed by atoms with Gasteiger partial charge in [0.15, 0.2) is 0 Å². The number of aryl methyl sites for hydroxylation is 1. The Labute approximate surface area is 124 Å². The van der Waals surface area contributed by atoms with Crippen LogP contribution in [0.3, 0.4) is 0 Å². The van der Waals surface area contributed by atoms with Crippen LogP contribution in [0.5, 0.6) is 0 Å². The summed E-state index contributed by atoms with van der Waals surface area (Å²) in [6.45, 7) is 1.86. The van der Waals surface area contributed by atoms with Gasteiger partial charge in [-0.25, -0.2) is 0 Å². The van der Waals surface area contributed by atoms with E-state index in [1.807, 2.05) is 0 Å². The van der Waals surface area contributed by atoms with Crippen LogP contribution in [-0.4, -0.2) is 29.8 Å². The van der Waals surface area contributed by atoms with Crippen LogP contribution in [0.1, 0.15) is 37.0 Å². The minimum atomic E-state index is 0.329. The molecule has 1 aromatic heterocycles. The zero-order valence-electron chi connectivity index (χ0n) is 11.3. The lowest BCUT2D eigenvalue weighted by atomic mass is 9.95. The van der Waals surface area contributed by atoms with Gasteiger partial charge in [0.25, 0.3) is 0 Å². The first-order chi connectivity index (χ1) is 9.29. The molecule has 2 rings (SSSR count). The molecule has 0 bridgehead atoms. The summed E-state index contributed by atoms with van der Waals surface area (Å²) in [5.74, 6) is 1.66. The molecule has 0 radical (unpaired) electrons. The van der Waals surface area contributed by atoms with Gasteiger partial charge in [0.05, 0.1) is 0 Å². The first-order valence-electron chi connectivity index (χ1n) is 7.15. The summed E-state index contributed by atoms with van der Waals surface area (Å²) in [6, 6.07) is 4.22. The molecule has 1 atom stereocenters. The van der Waals surface area contributed by atoms with E-state index in [9.17, 15) is 4.79 Å². The predicted molar refractivity (Wildman–Crippen MR) is 81.9 cm³/mol. The molecule has 0 spiro atoms. The van der Waals surface area contributed by atoms with E-state index in [-0.39, 0.29) is 0 Å². The van der Waals surface area contributed by atoms with Crippen molar-refractivity contribution in [3.05, 3.63) is 22.4 Å². The average Bonchev–Trinajstić information content (AvgIpc) is 2.92. The van der Waals surface area contributed by atoms with Crippen LogP contribution >= 0.6 is 22.9 Å². The molecule has 2 nitrogen and oxygen atoms in total. The number of halogens is 1. The van der Waals surface area contributed by atoms with Gasteiger partial charge in [-0.2, -0.15) is 0 Å². The second-order valence-corrected chi connectivity index (χ2v) is 6.67. The lowest BCUT2D eigenvalue weighted by molar-refractivity contribution is -0.133. The molecular weight excluding hydrogens is 278 g/mol. The Kier molecular flexibility index (Phi) is 6.18. The summed E-state index contributed by atoms with van der Waals surface area (Å²) in [7, 11) is 0. The summed E-state index contributed by atoms with van der Waals surface area (Å²) in [5.41, 5.74) is 0. The first kappa shape index (κ1) is 14.9. The minimum Gasteiger partial charge on any atom is -0.342 e. The van der Waals surface area contributed by atoms with Crippen molar-refractivity contribution in [2.75, 3.05) is 19.0 Å². The van der Waals surface area contributed by atoms with E-state index in [2.05, 4.69) is 22.4 Å². The van der Waals surface area contributed by atoms with Gasteiger partial charge >= 0.3 is 0 Å². The Hall–Kier alpha value is -0.540. The van der Waals surface area contributed by atoms with Crippen LogP contribution in [0.4, 0.5) is 0 Å². The Morgan fingerprint density at radius 1 is 1.53 bits per heavy atom. The number of hydrogen-bond acceptors (Lipinski definition) is 2. The molecule has 1 aliphatic rings. The van der Waals surface area contributed by atoms with E-state index in [1.54, 1.807) is 11.3 Å². The van der Waals surface area contributed by atoms with Crippen molar-refractivity contribution in [2.45, 2.75) is 38.5 Å². The molecular formula is C15H22ClNOS. The number of carbonyl (C=O) groups excluding carboxylic acids is 1. The second kappa shape index (κ2) is 7.91. The summed E-state index contributed by atoms with van der Waals surface area (Å²) >= 11 is 7.58. The Morgan fingerprint density at radius 3 is 3.16 bits per heavy atom. The molecule has 4 heteroatoms. The Bertz CT molecular complexity index is 378. The van der Waals surface area contributed by atoms with E-state index >= 15 is 0 Å². The van der Waals surface area contributed by atoms with Crippen LogP contribution in [-0.2, 0) is 11.2 Å². The highest BCUT2D eigenvalue weighted by molar-refractivity contribution is 7.09. The van der Waals surface area contributed by atoms with Crippen molar-refractivity contribution < 1.29 is 4.79 Å². The highest BCUT2D eigenvalue weighted by Gasteiger charge is 2.22. The summed E-state index contributed by atoms with van der Waals surface area (Å²) < 4.78 is 0. The monoisotopic (exact) mass is 299 g/mol. The lowest BCUT2D eigenvalue weighted by Gasteiger charge is -2.32. The first-order valence-corrected chi connectivity index (χ1v) is 8.57. The number of thiophene rings is 1. The van der Waals surface area contributed by atoms with Gasteiger partial charge in [0.2, 0.25) is 5.91 Å². The molecule has 1 fully saturated rings. The van der Waals surface area contributed by atoms with Crippen LogP contribution in [0, 0.1) is 5.92 Å². The number of amides is 1. The number of likely N-dealkylation sites (tertiary alicyclic amines) is 1. The molecule has 2 heterocycles. The van der Waals surface area contributed by atoms with Crippen LogP contribution in [0.2, 0.25) is 0 Å². The molecule has 1 aromatic rings. The SMILES string of the molecule is O=C(CCCc1cccs1)N1CCCC(CCCl)C1.